The van der Waals surface area contributed by atoms with Gasteiger partial charge in [0, 0.05) is 29.9 Å². The standard InChI is InChI=1S/C17H20N2O3/c1-17(2,3)13-5-4-6-14(10-13)18-11-12-9-15(19(21)22)7-8-16(12)20/h4-10,18,20H,11H2,1-3H3. The van der Waals surface area contributed by atoms with Gasteiger partial charge in [-0.1, -0.05) is 32.9 Å². The van der Waals surface area contributed by atoms with E-state index in [-0.39, 0.29) is 16.9 Å². The summed E-state index contributed by atoms with van der Waals surface area (Å²) in [6, 6.07) is 12.0. The number of anilines is 1. The quantitative estimate of drug-likeness (QED) is 0.655. The van der Waals surface area contributed by atoms with Crippen LogP contribution in [0.4, 0.5) is 11.4 Å². The first kappa shape index (κ1) is 15.8. The largest absolute Gasteiger partial charge is 0.508 e. The molecule has 0 amide bonds. The molecule has 0 aliphatic heterocycles. The highest BCUT2D eigenvalue weighted by Crippen LogP contribution is 2.26. The van der Waals surface area contributed by atoms with Crippen molar-refractivity contribution >= 4 is 11.4 Å². The van der Waals surface area contributed by atoms with Crippen LogP contribution in [0.5, 0.6) is 5.75 Å². The van der Waals surface area contributed by atoms with Gasteiger partial charge in [0.1, 0.15) is 5.75 Å². The smallest absolute Gasteiger partial charge is 0.270 e. The summed E-state index contributed by atoms with van der Waals surface area (Å²) in [7, 11) is 0. The second kappa shape index (κ2) is 6.05. The number of phenolic OH excluding ortho intramolecular Hbond substituents is 1. The van der Waals surface area contributed by atoms with Crippen LogP contribution in [0.3, 0.4) is 0 Å². The van der Waals surface area contributed by atoms with Crippen LogP contribution >= 0.6 is 0 Å². The number of rotatable bonds is 4. The monoisotopic (exact) mass is 300 g/mol. The first-order valence-corrected chi connectivity index (χ1v) is 7.08. The minimum Gasteiger partial charge on any atom is -0.508 e. The Bertz CT molecular complexity index is 691. The summed E-state index contributed by atoms with van der Waals surface area (Å²) in [6.07, 6.45) is 0. The van der Waals surface area contributed by atoms with Gasteiger partial charge < -0.3 is 10.4 Å². The summed E-state index contributed by atoms with van der Waals surface area (Å²) in [4.78, 5) is 10.3. The number of nitro groups is 1. The highest BCUT2D eigenvalue weighted by atomic mass is 16.6. The Morgan fingerprint density at radius 1 is 1.18 bits per heavy atom. The summed E-state index contributed by atoms with van der Waals surface area (Å²) in [5, 5.41) is 23.8. The summed E-state index contributed by atoms with van der Waals surface area (Å²) >= 11 is 0. The van der Waals surface area contributed by atoms with Crippen LogP contribution in [0.25, 0.3) is 0 Å². The van der Waals surface area contributed by atoms with E-state index in [2.05, 4.69) is 38.2 Å². The minimum absolute atomic E-state index is 0.0296. The van der Waals surface area contributed by atoms with E-state index in [9.17, 15) is 15.2 Å². The van der Waals surface area contributed by atoms with Gasteiger partial charge in [-0.05, 0) is 29.2 Å². The van der Waals surface area contributed by atoms with Crippen molar-refractivity contribution < 1.29 is 10.0 Å². The maximum atomic E-state index is 10.8. The number of nitrogens with zero attached hydrogens (tertiary/aromatic N) is 1. The Hall–Kier alpha value is -2.56. The topological polar surface area (TPSA) is 75.4 Å². The van der Waals surface area contributed by atoms with Crippen molar-refractivity contribution in [2.75, 3.05) is 5.32 Å². The summed E-state index contributed by atoms with van der Waals surface area (Å²) in [6.45, 7) is 6.73. The van der Waals surface area contributed by atoms with Crippen LogP contribution in [0.1, 0.15) is 31.9 Å². The van der Waals surface area contributed by atoms with E-state index in [1.165, 1.54) is 23.8 Å². The van der Waals surface area contributed by atoms with E-state index in [4.69, 9.17) is 0 Å². The Kier molecular flexibility index (Phi) is 4.35. The molecule has 0 fully saturated rings. The van der Waals surface area contributed by atoms with Gasteiger partial charge in [-0.15, -0.1) is 0 Å². The summed E-state index contributed by atoms with van der Waals surface area (Å²) in [5.41, 5.74) is 2.62. The lowest BCUT2D eigenvalue weighted by Crippen LogP contribution is -2.11. The number of hydrogen-bond acceptors (Lipinski definition) is 4. The average Bonchev–Trinajstić information content (AvgIpc) is 2.45. The normalized spacial score (nSPS) is 11.2. The number of nitrogens with one attached hydrogen (secondary N) is 1. The van der Waals surface area contributed by atoms with Gasteiger partial charge >= 0.3 is 0 Å². The van der Waals surface area contributed by atoms with Gasteiger partial charge in [0.25, 0.3) is 5.69 Å². The van der Waals surface area contributed by atoms with Crippen molar-refractivity contribution in [3.8, 4) is 5.75 Å². The van der Waals surface area contributed by atoms with Gasteiger partial charge in [0.2, 0.25) is 0 Å². The van der Waals surface area contributed by atoms with Crippen molar-refractivity contribution in [1.29, 1.82) is 0 Å². The predicted octanol–water partition coefficient (Wildman–Crippen LogP) is 4.21. The van der Waals surface area contributed by atoms with Crippen LogP contribution in [-0.2, 0) is 12.0 Å². The molecular formula is C17H20N2O3. The molecule has 0 unspecified atom stereocenters. The van der Waals surface area contributed by atoms with Crippen molar-refractivity contribution in [1.82, 2.24) is 0 Å². The fraction of sp³-hybridized carbons (Fsp3) is 0.294. The van der Waals surface area contributed by atoms with Gasteiger partial charge in [0.05, 0.1) is 4.92 Å². The van der Waals surface area contributed by atoms with E-state index in [0.717, 1.165) is 5.69 Å². The Morgan fingerprint density at radius 2 is 1.91 bits per heavy atom. The molecule has 0 bridgehead atoms. The number of non-ortho nitro benzene ring substituents is 1. The molecule has 0 atom stereocenters. The molecule has 0 radical (unpaired) electrons. The van der Waals surface area contributed by atoms with Crippen molar-refractivity contribution in [2.45, 2.75) is 32.7 Å². The lowest BCUT2D eigenvalue weighted by molar-refractivity contribution is -0.384. The Morgan fingerprint density at radius 3 is 2.55 bits per heavy atom. The van der Waals surface area contributed by atoms with Crippen molar-refractivity contribution in [3.05, 3.63) is 63.7 Å². The van der Waals surface area contributed by atoms with Gasteiger partial charge in [-0.2, -0.15) is 0 Å². The van der Waals surface area contributed by atoms with E-state index in [1.807, 2.05) is 12.1 Å². The number of nitro benzene ring substituents is 1. The maximum absolute atomic E-state index is 10.8. The summed E-state index contributed by atoms with van der Waals surface area (Å²) < 4.78 is 0. The molecule has 0 aliphatic carbocycles. The molecule has 2 rings (SSSR count). The Balaban J connectivity index is 2.17. The van der Waals surface area contributed by atoms with Crippen molar-refractivity contribution in [3.63, 3.8) is 0 Å². The third kappa shape index (κ3) is 3.75. The lowest BCUT2D eigenvalue weighted by atomic mass is 9.87. The molecule has 2 N–H and O–H groups in total. The van der Waals surface area contributed by atoms with E-state index < -0.39 is 4.92 Å². The third-order valence-electron chi connectivity index (χ3n) is 3.49. The highest BCUT2D eigenvalue weighted by Gasteiger charge is 2.14. The third-order valence-corrected chi connectivity index (χ3v) is 3.49. The predicted molar refractivity (Wildman–Crippen MR) is 87.2 cm³/mol. The molecule has 116 valence electrons. The lowest BCUT2D eigenvalue weighted by Gasteiger charge is -2.20. The summed E-state index contributed by atoms with van der Waals surface area (Å²) in [5.74, 6) is 0.0464. The zero-order chi connectivity index (χ0) is 16.3. The molecule has 2 aromatic rings. The molecule has 0 heterocycles. The number of phenols is 1. The molecule has 0 aromatic heterocycles. The number of benzene rings is 2. The first-order valence-electron chi connectivity index (χ1n) is 7.08. The zero-order valence-electron chi connectivity index (χ0n) is 13.0. The van der Waals surface area contributed by atoms with Gasteiger partial charge in [-0.25, -0.2) is 0 Å². The van der Waals surface area contributed by atoms with Gasteiger partial charge in [0.15, 0.2) is 0 Å². The van der Waals surface area contributed by atoms with E-state index >= 15 is 0 Å². The van der Waals surface area contributed by atoms with Crippen LogP contribution < -0.4 is 5.32 Å². The zero-order valence-corrected chi connectivity index (χ0v) is 13.0. The molecular weight excluding hydrogens is 280 g/mol. The fourth-order valence-corrected chi connectivity index (χ4v) is 2.12. The van der Waals surface area contributed by atoms with Crippen LogP contribution in [0, 0.1) is 10.1 Å². The molecule has 0 saturated heterocycles. The van der Waals surface area contributed by atoms with E-state index in [0.29, 0.717) is 12.1 Å². The van der Waals surface area contributed by atoms with Crippen molar-refractivity contribution in [2.24, 2.45) is 0 Å². The fourth-order valence-electron chi connectivity index (χ4n) is 2.12. The molecule has 5 nitrogen and oxygen atoms in total. The van der Waals surface area contributed by atoms with E-state index in [1.54, 1.807) is 0 Å². The molecule has 2 aromatic carbocycles. The minimum atomic E-state index is -0.469. The second-order valence-electron chi connectivity index (χ2n) is 6.25. The molecule has 0 aliphatic rings. The van der Waals surface area contributed by atoms with Crippen LogP contribution in [0.15, 0.2) is 42.5 Å². The molecule has 0 spiro atoms. The average molecular weight is 300 g/mol. The van der Waals surface area contributed by atoms with Gasteiger partial charge in [-0.3, -0.25) is 10.1 Å². The Labute approximate surface area is 129 Å². The molecule has 5 heteroatoms. The maximum Gasteiger partial charge on any atom is 0.270 e. The number of hydrogen-bond donors (Lipinski definition) is 2. The highest BCUT2D eigenvalue weighted by molar-refractivity contribution is 5.50. The molecule has 22 heavy (non-hydrogen) atoms. The number of aromatic hydroxyl groups is 1. The van der Waals surface area contributed by atoms with Crippen LogP contribution in [-0.4, -0.2) is 10.0 Å². The second-order valence-corrected chi connectivity index (χ2v) is 6.25. The van der Waals surface area contributed by atoms with Crippen LogP contribution in [0.2, 0.25) is 0 Å². The molecule has 0 saturated carbocycles. The SMILES string of the molecule is CC(C)(C)c1cccc(NCc2cc([N+](=O)[O-])ccc2O)c1. The first-order chi connectivity index (χ1) is 10.3.